The van der Waals surface area contributed by atoms with Crippen LogP contribution in [0.3, 0.4) is 0 Å². The lowest BCUT2D eigenvalue weighted by Crippen LogP contribution is -2.52. The van der Waals surface area contributed by atoms with Gasteiger partial charge in [-0.15, -0.1) is 0 Å². The lowest BCUT2D eigenvalue weighted by atomic mass is 9.48. The molecule has 0 heterocycles. The van der Waals surface area contributed by atoms with Gasteiger partial charge in [-0.3, -0.25) is 4.79 Å². The maximum Gasteiger partial charge on any atom is 0.224 e. The predicted octanol–water partition coefficient (Wildman–Crippen LogP) is 3.08. The highest BCUT2D eigenvalue weighted by Crippen LogP contribution is 2.60. The highest BCUT2D eigenvalue weighted by atomic mass is 16.1. The zero-order valence-corrected chi connectivity index (χ0v) is 9.84. The summed E-state index contributed by atoms with van der Waals surface area (Å²) in [6.45, 7) is 12.9. The van der Waals surface area contributed by atoms with Gasteiger partial charge in [-0.25, -0.2) is 6.57 Å². The maximum absolute atomic E-state index is 12.0. The van der Waals surface area contributed by atoms with Gasteiger partial charge in [-0.1, -0.05) is 20.8 Å². The zero-order chi connectivity index (χ0) is 11.3. The van der Waals surface area contributed by atoms with Gasteiger partial charge in [0.25, 0.3) is 0 Å². The molecule has 0 unspecified atom stereocenters. The van der Waals surface area contributed by atoms with Crippen LogP contribution in [-0.4, -0.2) is 11.8 Å². The summed E-state index contributed by atoms with van der Waals surface area (Å²) in [6, 6.07) is 0.260. The van der Waals surface area contributed by atoms with E-state index in [1.807, 2.05) is 20.8 Å². The molecule has 2 heteroatoms. The van der Waals surface area contributed by atoms with Crippen molar-refractivity contribution in [2.75, 3.05) is 0 Å². The molecule has 0 bridgehead atoms. The van der Waals surface area contributed by atoms with E-state index < -0.39 is 0 Å². The summed E-state index contributed by atoms with van der Waals surface area (Å²) in [5, 5.41) is 0. The second-order valence-corrected chi connectivity index (χ2v) is 6.41. The first kappa shape index (κ1) is 10.7. The average molecular weight is 205 g/mol. The van der Waals surface area contributed by atoms with Gasteiger partial charge >= 0.3 is 0 Å². The summed E-state index contributed by atoms with van der Waals surface area (Å²) >= 11 is 0. The first-order chi connectivity index (χ1) is 6.86. The fourth-order valence-corrected chi connectivity index (χ4v) is 3.15. The predicted molar refractivity (Wildman–Crippen MR) is 59.2 cm³/mol. The van der Waals surface area contributed by atoms with Crippen molar-refractivity contribution >= 4 is 5.78 Å². The molecule has 0 amide bonds. The Morgan fingerprint density at radius 1 is 1.27 bits per heavy atom. The minimum Gasteiger partial charge on any atom is -0.314 e. The average Bonchev–Trinajstić information content (AvgIpc) is 1.97. The standard InChI is InChI=1S/C13H19NO/c1-12(2,3)11(15)9-5-13(6-9)7-10(8-13)14-4/h9-10H,5-8H2,1-3H3. The van der Waals surface area contributed by atoms with E-state index in [0.29, 0.717) is 11.2 Å². The lowest BCUT2D eigenvalue weighted by Gasteiger charge is -2.54. The van der Waals surface area contributed by atoms with Crippen LogP contribution >= 0.6 is 0 Å². The molecule has 2 aliphatic rings. The van der Waals surface area contributed by atoms with Gasteiger partial charge in [0.2, 0.25) is 6.04 Å². The number of nitrogens with zero attached hydrogens (tertiary/aromatic N) is 1. The molecule has 2 aliphatic carbocycles. The van der Waals surface area contributed by atoms with Crippen molar-refractivity contribution in [3.05, 3.63) is 11.4 Å². The van der Waals surface area contributed by atoms with Crippen LogP contribution in [0, 0.1) is 23.3 Å². The normalized spacial score (nSPS) is 39.1. The Labute approximate surface area is 91.9 Å². The van der Waals surface area contributed by atoms with Gasteiger partial charge in [0, 0.05) is 24.2 Å². The first-order valence-corrected chi connectivity index (χ1v) is 5.77. The van der Waals surface area contributed by atoms with Crippen molar-refractivity contribution in [1.29, 1.82) is 0 Å². The molecule has 0 aromatic rings. The van der Waals surface area contributed by atoms with Crippen molar-refractivity contribution in [1.82, 2.24) is 0 Å². The van der Waals surface area contributed by atoms with E-state index in [1.165, 1.54) is 0 Å². The molecule has 0 N–H and O–H groups in total. The molecule has 15 heavy (non-hydrogen) atoms. The van der Waals surface area contributed by atoms with Gasteiger partial charge in [0.15, 0.2) is 0 Å². The van der Waals surface area contributed by atoms with E-state index in [-0.39, 0.29) is 17.4 Å². The minimum atomic E-state index is -0.185. The molecule has 1 spiro atoms. The Morgan fingerprint density at radius 2 is 1.80 bits per heavy atom. The molecule has 0 aromatic heterocycles. The Morgan fingerprint density at radius 3 is 2.20 bits per heavy atom. The maximum atomic E-state index is 12.0. The molecule has 0 aromatic carbocycles. The van der Waals surface area contributed by atoms with Crippen LogP contribution in [0.1, 0.15) is 46.5 Å². The largest absolute Gasteiger partial charge is 0.314 e. The molecular formula is C13H19NO. The molecule has 2 fully saturated rings. The Hall–Kier alpha value is -0.840. The SMILES string of the molecule is [C-]#[N+]C1CC2(C1)CC(C(=O)C(C)(C)C)C2. The highest BCUT2D eigenvalue weighted by Gasteiger charge is 2.58. The number of Topliss-reactive ketones (excluding diaryl/α,β-unsaturated/α-hetero) is 1. The van der Waals surface area contributed by atoms with Crippen LogP contribution in [0.25, 0.3) is 4.85 Å². The molecule has 2 nitrogen and oxygen atoms in total. The zero-order valence-electron chi connectivity index (χ0n) is 9.84. The second-order valence-electron chi connectivity index (χ2n) is 6.41. The van der Waals surface area contributed by atoms with Crippen LogP contribution in [0.15, 0.2) is 0 Å². The summed E-state index contributed by atoms with van der Waals surface area (Å²) < 4.78 is 0. The summed E-state index contributed by atoms with van der Waals surface area (Å²) in [7, 11) is 0. The molecule has 82 valence electrons. The third kappa shape index (κ3) is 1.69. The molecule has 0 radical (unpaired) electrons. The van der Waals surface area contributed by atoms with Crippen LogP contribution in [0.4, 0.5) is 0 Å². The monoisotopic (exact) mass is 205 g/mol. The number of hydrogen-bond donors (Lipinski definition) is 0. The van der Waals surface area contributed by atoms with E-state index in [9.17, 15) is 4.79 Å². The van der Waals surface area contributed by atoms with E-state index in [0.717, 1.165) is 25.7 Å². The van der Waals surface area contributed by atoms with E-state index in [2.05, 4.69) is 4.85 Å². The number of carbonyl (C=O) groups is 1. The number of hydrogen-bond acceptors (Lipinski definition) is 1. The van der Waals surface area contributed by atoms with E-state index in [1.54, 1.807) is 0 Å². The Balaban J connectivity index is 1.85. The van der Waals surface area contributed by atoms with Crippen molar-refractivity contribution in [3.63, 3.8) is 0 Å². The first-order valence-electron chi connectivity index (χ1n) is 5.77. The Bertz CT molecular complexity index is 317. The number of rotatable bonds is 1. The molecular weight excluding hydrogens is 186 g/mol. The third-order valence-corrected chi connectivity index (χ3v) is 3.99. The minimum absolute atomic E-state index is 0.185. The van der Waals surface area contributed by atoms with Crippen LogP contribution in [-0.2, 0) is 4.79 Å². The van der Waals surface area contributed by atoms with Gasteiger partial charge in [0.05, 0.1) is 0 Å². The summed E-state index contributed by atoms with van der Waals surface area (Å²) in [4.78, 5) is 15.5. The topological polar surface area (TPSA) is 21.4 Å². The fraction of sp³-hybridized carbons (Fsp3) is 0.846. The van der Waals surface area contributed by atoms with Crippen molar-refractivity contribution in [2.45, 2.75) is 52.5 Å². The summed E-state index contributed by atoms with van der Waals surface area (Å²) in [5.41, 5.74) is 0.218. The third-order valence-electron chi connectivity index (χ3n) is 3.99. The molecule has 0 atom stereocenters. The van der Waals surface area contributed by atoms with E-state index in [4.69, 9.17) is 6.57 Å². The van der Waals surface area contributed by atoms with Gasteiger partial charge < -0.3 is 4.85 Å². The summed E-state index contributed by atoms with van der Waals surface area (Å²) in [6.07, 6.45) is 4.19. The summed E-state index contributed by atoms with van der Waals surface area (Å²) in [5.74, 6) is 0.705. The quantitative estimate of drug-likeness (QED) is 0.603. The Kier molecular flexibility index (Phi) is 2.19. The second kappa shape index (κ2) is 3.07. The van der Waals surface area contributed by atoms with Crippen LogP contribution in [0.5, 0.6) is 0 Å². The van der Waals surface area contributed by atoms with Crippen molar-refractivity contribution < 1.29 is 4.79 Å². The molecule has 2 saturated carbocycles. The van der Waals surface area contributed by atoms with Crippen molar-refractivity contribution in [2.24, 2.45) is 16.7 Å². The van der Waals surface area contributed by atoms with Crippen LogP contribution < -0.4 is 0 Å². The van der Waals surface area contributed by atoms with E-state index >= 15 is 0 Å². The fourth-order valence-electron chi connectivity index (χ4n) is 3.15. The number of carbonyl (C=O) groups excluding carboxylic acids is 1. The highest BCUT2D eigenvalue weighted by molar-refractivity contribution is 5.86. The number of ketones is 1. The lowest BCUT2D eigenvalue weighted by molar-refractivity contribution is -0.142. The van der Waals surface area contributed by atoms with Gasteiger partial charge in [0.1, 0.15) is 5.78 Å². The molecule has 0 aliphatic heterocycles. The molecule has 0 saturated heterocycles. The van der Waals surface area contributed by atoms with Crippen LogP contribution in [0.2, 0.25) is 0 Å². The van der Waals surface area contributed by atoms with Gasteiger partial charge in [-0.05, 0) is 18.3 Å². The van der Waals surface area contributed by atoms with Gasteiger partial charge in [-0.2, -0.15) is 0 Å². The van der Waals surface area contributed by atoms with Crippen molar-refractivity contribution in [3.8, 4) is 0 Å². The molecule has 2 rings (SSSR count). The smallest absolute Gasteiger partial charge is 0.224 e.